The minimum atomic E-state index is -0.311. The zero-order valence-corrected chi connectivity index (χ0v) is 14.7. The molecular formula is C18H15BrN4O2. The molecule has 0 radical (unpaired) electrons. The van der Waals surface area contributed by atoms with Crippen LogP contribution in [0.3, 0.4) is 0 Å². The van der Waals surface area contributed by atoms with Gasteiger partial charge in [0.05, 0.1) is 17.9 Å². The fourth-order valence-electron chi connectivity index (χ4n) is 2.21. The molecule has 0 aliphatic rings. The third-order valence-corrected chi connectivity index (χ3v) is 4.15. The van der Waals surface area contributed by atoms with Gasteiger partial charge in [0.1, 0.15) is 0 Å². The highest BCUT2D eigenvalue weighted by Gasteiger charge is 2.09. The van der Waals surface area contributed by atoms with Crippen molar-refractivity contribution in [3.63, 3.8) is 0 Å². The summed E-state index contributed by atoms with van der Waals surface area (Å²) in [5.74, 6) is -0.609. The largest absolute Gasteiger partial charge is 0.343 e. The molecule has 2 N–H and O–H groups in total. The van der Waals surface area contributed by atoms with Crippen molar-refractivity contribution in [3.05, 3.63) is 77.0 Å². The number of hydrogen-bond acceptors (Lipinski definition) is 3. The molecule has 1 heterocycles. The van der Waals surface area contributed by atoms with Crippen LogP contribution in [0.1, 0.15) is 10.4 Å². The Labute approximate surface area is 153 Å². The SMILES string of the molecule is O=C(CNC(=O)c1ccc(-n2cccn2)cc1)Nc1ccccc1Br. The van der Waals surface area contributed by atoms with Gasteiger partial charge in [-0.25, -0.2) is 4.68 Å². The third kappa shape index (κ3) is 4.33. The number of benzene rings is 2. The van der Waals surface area contributed by atoms with Crippen molar-refractivity contribution in [1.29, 1.82) is 0 Å². The van der Waals surface area contributed by atoms with Crippen molar-refractivity contribution >= 4 is 33.4 Å². The molecule has 0 aliphatic carbocycles. The maximum atomic E-state index is 12.1. The number of aromatic nitrogens is 2. The maximum absolute atomic E-state index is 12.1. The van der Waals surface area contributed by atoms with Gasteiger partial charge in [-0.3, -0.25) is 9.59 Å². The lowest BCUT2D eigenvalue weighted by atomic mass is 10.2. The number of nitrogens with zero attached hydrogens (tertiary/aromatic N) is 2. The zero-order chi connectivity index (χ0) is 17.6. The van der Waals surface area contributed by atoms with Crippen LogP contribution >= 0.6 is 15.9 Å². The molecule has 2 amide bonds. The van der Waals surface area contributed by atoms with Crippen LogP contribution in [0, 0.1) is 0 Å². The minimum Gasteiger partial charge on any atom is -0.343 e. The summed E-state index contributed by atoms with van der Waals surface area (Å²) in [6.07, 6.45) is 3.51. The first kappa shape index (κ1) is 16.9. The lowest BCUT2D eigenvalue weighted by Gasteiger charge is -2.09. The van der Waals surface area contributed by atoms with Gasteiger partial charge < -0.3 is 10.6 Å². The number of carbonyl (C=O) groups is 2. The van der Waals surface area contributed by atoms with E-state index in [-0.39, 0.29) is 18.4 Å². The lowest BCUT2D eigenvalue weighted by molar-refractivity contribution is -0.115. The highest BCUT2D eigenvalue weighted by Crippen LogP contribution is 2.20. The van der Waals surface area contributed by atoms with Gasteiger partial charge in [0.25, 0.3) is 5.91 Å². The van der Waals surface area contributed by atoms with Crippen LogP contribution in [0.2, 0.25) is 0 Å². The van der Waals surface area contributed by atoms with E-state index in [1.807, 2.05) is 30.5 Å². The molecule has 0 unspecified atom stereocenters. The van der Waals surface area contributed by atoms with E-state index in [0.29, 0.717) is 11.3 Å². The fraction of sp³-hybridized carbons (Fsp3) is 0.0556. The quantitative estimate of drug-likeness (QED) is 0.693. The van der Waals surface area contributed by atoms with E-state index in [4.69, 9.17) is 0 Å². The standard InChI is InChI=1S/C18H15BrN4O2/c19-15-4-1-2-5-16(15)22-17(24)12-20-18(25)13-6-8-14(9-7-13)23-11-3-10-21-23/h1-11H,12H2,(H,20,25)(H,22,24). The van der Waals surface area contributed by atoms with Crippen molar-refractivity contribution in [1.82, 2.24) is 15.1 Å². The van der Waals surface area contributed by atoms with Gasteiger partial charge in [-0.1, -0.05) is 12.1 Å². The predicted molar refractivity (Wildman–Crippen MR) is 98.7 cm³/mol. The Hall–Kier alpha value is -2.93. The number of anilines is 1. The second kappa shape index (κ2) is 7.76. The summed E-state index contributed by atoms with van der Waals surface area (Å²) in [6, 6.07) is 16.1. The van der Waals surface area contributed by atoms with Crippen molar-refractivity contribution in [2.45, 2.75) is 0 Å². The number of carbonyl (C=O) groups excluding carboxylic acids is 2. The van der Waals surface area contributed by atoms with Gasteiger partial charge >= 0.3 is 0 Å². The average molecular weight is 399 g/mol. The molecule has 2 aromatic carbocycles. The molecule has 0 fully saturated rings. The van der Waals surface area contributed by atoms with Gasteiger partial charge in [0, 0.05) is 22.4 Å². The molecule has 7 heteroatoms. The average Bonchev–Trinajstić information content (AvgIpc) is 3.16. The summed E-state index contributed by atoms with van der Waals surface area (Å²) in [5, 5.41) is 9.46. The monoisotopic (exact) mass is 398 g/mol. The van der Waals surface area contributed by atoms with Crippen molar-refractivity contribution in [2.24, 2.45) is 0 Å². The summed E-state index contributed by atoms with van der Waals surface area (Å²) in [5.41, 5.74) is 1.99. The predicted octanol–water partition coefficient (Wildman–Crippen LogP) is 3.00. The summed E-state index contributed by atoms with van der Waals surface area (Å²) in [4.78, 5) is 24.1. The van der Waals surface area contributed by atoms with E-state index in [9.17, 15) is 9.59 Å². The fourth-order valence-corrected chi connectivity index (χ4v) is 2.59. The molecule has 1 aromatic heterocycles. The maximum Gasteiger partial charge on any atom is 0.251 e. The normalized spacial score (nSPS) is 10.3. The summed E-state index contributed by atoms with van der Waals surface area (Å²) >= 11 is 3.36. The Morgan fingerprint density at radius 2 is 1.80 bits per heavy atom. The summed E-state index contributed by atoms with van der Waals surface area (Å²) in [7, 11) is 0. The number of halogens is 1. The Kier molecular flexibility index (Phi) is 5.25. The van der Waals surface area contributed by atoms with E-state index < -0.39 is 0 Å². The van der Waals surface area contributed by atoms with E-state index >= 15 is 0 Å². The van der Waals surface area contributed by atoms with Gasteiger partial charge in [-0.15, -0.1) is 0 Å². The van der Waals surface area contributed by atoms with Gasteiger partial charge in [-0.2, -0.15) is 5.10 Å². The van der Waals surface area contributed by atoms with Gasteiger partial charge in [0.2, 0.25) is 5.91 Å². The smallest absolute Gasteiger partial charge is 0.251 e. The number of nitrogens with one attached hydrogen (secondary N) is 2. The molecule has 25 heavy (non-hydrogen) atoms. The van der Waals surface area contributed by atoms with E-state index in [2.05, 4.69) is 31.7 Å². The van der Waals surface area contributed by atoms with Crippen LogP contribution in [0.5, 0.6) is 0 Å². The molecule has 126 valence electrons. The van der Waals surface area contributed by atoms with Gasteiger partial charge in [-0.05, 0) is 58.4 Å². The Morgan fingerprint density at radius 1 is 1.04 bits per heavy atom. The topological polar surface area (TPSA) is 76.0 Å². The second-order valence-electron chi connectivity index (χ2n) is 5.21. The minimum absolute atomic E-state index is 0.110. The van der Waals surface area contributed by atoms with Crippen molar-refractivity contribution < 1.29 is 9.59 Å². The van der Waals surface area contributed by atoms with Crippen molar-refractivity contribution in [2.75, 3.05) is 11.9 Å². The van der Waals surface area contributed by atoms with Crippen LogP contribution < -0.4 is 10.6 Å². The van der Waals surface area contributed by atoms with E-state index in [0.717, 1.165) is 10.2 Å². The van der Waals surface area contributed by atoms with Crippen LogP contribution in [-0.2, 0) is 4.79 Å². The molecule has 0 saturated carbocycles. The molecule has 0 spiro atoms. The first-order valence-electron chi connectivity index (χ1n) is 7.56. The van der Waals surface area contributed by atoms with Crippen LogP contribution in [0.4, 0.5) is 5.69 Å². The number of amides is 2. The summed E-state index contributed by atoms with van der Waals surface area (Å²) in [6.45, 7) is -0.110. The molecule has 0 bridgehead atoms. The Morgan fingerprint density at radius 3 is 2.48 bits per heavy atom. The zero-order valence-electron chi connectivity index (χ0n) is 13.1. The molecule has 6 nitrogen and oxygen atoms in total. The second-order valence-corrected chi connectivity index (χ2v) is 6.06. The van der Waals surface area contributed by atoms with Gasteiger partial charge in [0.15, 0.2) is 0 Å². The molecule has 0 atom stereocenters. The lowest BCUT2D eigenvalue weighted by Crippen LogP contribution is -2.32. The van der Waals surface area contributed by atoms with Crippen LogP contribution in [0.25, 0.3) is 5.69 Å². The molecule has 0 saturated heterocycles. The Balaban J connectivity index is 1.55. The number of hydrogen-bond donors (Lipinski definition) is 2. The van der Waals surface area contributed by atoms with Crippen LogP contribution in [0.15, 0.2) is 71.5 Å². The number of para-hydroxylation sites is 1. The highest BCUT2D eigenvalue weighted by atomic mass is 79.9. The molecular weight excluding hydrogens is 384 g/mol. The molecule has 3 aromatic rings. The van der Waals surface area contributed by atoms with E-state index in [1.165, 1.54) is 0 Å². The van der Waals surface area contributed by atoms with Crippen LogP contribution in [-0.4, -0.2) is 28.1 Å². The van der Waals surface area contributed by atoms with E-state index in [1.54, 1.807) is 41.2 Å². The number of rotatable bonds is 5. The molecule has 0 aliphatic heterocycles. The third-order valence-electron chi connectivity index (χ3n) is 3.46. The summed E-state index contributed by atoms with van der Waals surface area (Å²) < 4.78 is 2.48. The Bertz CT molecular complexity index is 876. The molecule has 3 rings (SSSR count). The first-order chi connectivity index (χ1) is 12.1. The van der Waals surface area contributed by atoms with Crippen molar-refractivity contribution in [3.8, 4) is 5.69 Å². The first-order valence-corrected chi connectivity index (χ1v) is 8.35. The highest BCUT2D eigenvalue weighted by molar-refractivity contribution is 9.10.